The smallest absolute Gasteiger partial charge is 0.213 e. The number of hydrogen-bond acceptors (Lipinski definition) is 3. The molecule has 0 aromatic carbocycles. The van der Waals surface area contributed by atoms with E-state index in [0.717, 1.165) is 18.4 Å². The second-order valence-electron chi connectivity index (χ2n) is 4.03. The highest BCUT2D eigenvalue weighted by atomic mass is 16.5. The van der Waals surface area contributed by atoms with Crippen LogP contribution < -0.4 is 4.74 Å². The molecule has 1 aromatic heterocycles. The summed E-state index contributed by atoms with van der Waals surface area (Å²) in [6.07, 6.45) is 4.87. The summed E-state index contributed by atoms with van der Waals surface area (Å²) in [5.74, 6) is 1.03. The summed E-state index contributed by atoms with van der Waals surface area (Å²) in [4.78, 5) is 15.2. The molecule has 0 atom stereocenters. The van der Waals surface area contributed by atoms with Gasteiger partial charge in [-0.3, -0.25) is 4.79 Å². The van der Waals surface area contributed by atoms with Crippen LogP contribution in [0.1, 0.15) is 31.2 Å². The summed E-state index contributed by atoms with van der Waals surface area (Å²) in [6.45, 7) is 2.01. The SMILES string of the molecule is Cc1ccnc(OC2CCC(=O)CC2)c1. The minimum atomic E-state index is 0.164. The number of ether oxygens (including phenoxy) is 1. The van der Waals surface area contributed by atoms with Gasteiger partial charge in [-0.05, 0) is 31.4 Å². The zero-order valence-corrected chi connectivity index (χ0v) is 8.90. The molecule has 1 saturated carbocycles. The Bertz CT molecular complexity index is 352. The van der Waals surface area contributed by atoms with E-state index in [1.807, 2.05) is 19.1 Å². The molecule has 3 nitrogen and oxygen atoms in total. The number of hydrogen-bond donors (Lipinski definition) is 0. The molecular formula is C12H15NO2. The van der Waals surface area contributed by atoms with Gasteiger partial charge in [-0.15, -0.1) is 0 Å². The number of aryl methyl sites for hydroxylation is 1. The van der Waals surface area contributed by atoms with Crippen LogP contribution in [0.25, 0.3) is 0 Å². The number of carbonyl (C=O) groups excluding carboxylic acids is 1. The van der Waals surface area contributed by atoms with Crippen LogP contribution in [0.3, 0.4) is 0 Å². The molecule has 1 fully saturated rings. The monoisotopic (exact) mass is 205 g/mol. The predicted octanol–water partition coefficient (Wildman–Crippen LogP) is 2.28. The van der Waals surface area contributed by atoms with Crippen LogP contribution in [0.5, 0.6) is 5.88 Å². The third-order valence-electron chi connectivity index (χ3n) is 2.67. The van der Waals surface area contributed by atoms with Crippen molar-refractivity contribution in [3.8, 4) is 5.88 Å². The largest absolute Gasteiger partial charge is 0.474 e. The summed E-state index contributed by atoms with van der Waals surface area (Å²) >= 11 is 0. The topological polar surface area (TPSA) is 39.2 Å². The minimum absolute atomic E-state index is 0.164. The van der Waals surface area contributed by atoms with Crippen molar-refractivity contribution in [2.75, 3.05) is 0 Å². The Morgan fingerprint density at radius 3 is 2.80 bits per heavy atom. The summed E-state index contributed by atoms with van der Waals surface area (Å²) < 4.78 is 5.72. The van der Waals surface area contributed by atoms with Crippen molar-refractivity contribution >= 4 is 5.78 Å². The molecule has 2 rings (SSSR count). The molecule has 1 aromatic rings. The molecule has 80 valence electrons. The van der Waals surface area contributed by atoms with Gasteiger partial charge >= 0.3 is 0 Å². The number of Topliss-reactive ketones (excluding diaryl/α,β-unsaturated/α-hetero) is 1. The van der Waals surface area contributed by atoms with E-state index in [0.29, 0.717) is 24.5 Å². The maximum atomic E-state index is 11.0. The molecule has 3 heteroatoms. The Balaban J connectivity index is 1.94. The molecule has 0 saturated heterocycles. The van der Waals surface area contributed by atoms with Gasteiger partial charge in [0, 0.05) is 25.1 Å². The van der Waals surface area contributed by atoms with Gasteiger partial charge in [0.1, 0.15) is 11.9 Å². The maximum absolute atomic E-state index is 11.0. The van der Waals surface area contributed by atoms with Crippen molar-refractivity contribution < 1.29 is 9.53 Å². The molecule has 1 aliphatic carbocycles. The molecule has 0 aliphatic heterocycles. The van der Waals surface area contributed by atoms with Gasteiger partial charge in [-0.1, -0.05) is 0 Å². The molecule has 0 bridgehead atoms. The number of aromatic nitrogens is 1. The zero-order chi connectivity index (χ0) is 10.7. The van der Waals surface area contributed by atoms with Gasteiger partial charge in [0.2, 0.25) is 5.88 Å². The van der Waals surface area contributed by atoms with Crippen molar-refractivity contribution in [1.29, 1.82) is 0 Å². The lowest BCUT2D eigenvalue weighted by Gasteiger charge is -2.21. The fraction of sp³-hybridized carbons (Fsp3) is 0.500. The minimum Gasteiger partial charge on any atom is -0.474 e. The molecule has 0 spiro atoms. The first-order chi connectivity index (χ1) is 7.24. The Kier molecular flexibility index (Phi) is 2.99. The predicted molar refractivity (Wildman–Crippen MR) is 56.9 cm³/mol. The van der Waals surface area contributed by atoms with Crippen LogP contribution in [0.4, 0.5) is 0 Å². The van der Waals surface area contributed by atoms with Crippen LogP contribution in [0.15, 0.2) is 18.3 Å². The first-order valence-electron chi connectivity index (χ1n) is 5.35. The zero-order valence-electron chi connectivity index (χ0n) is 8.90. The van der Waals surface area contributed by atoms with E-state index in [9.17, 15) is 4.79 Å². The van der Waals surface area contributed by atoms with Crippen LogP contribution in [-0.2, 0) is 4.79 Å². The van der Waals surface area contributed by atoms with Crippen LogP contribution in [-0.4, -0.2) is 16.9 Å². The first-order valence-corrected chi connectivity index (χ1v) is 5.35. The number of pyridine rings is 1. The maximum Gasteiger partial charge on any atom is 0.213 e. The molecule has 1 heterocycles. The molecule has 0 N–H and O–H groups in total. The lowest BCUT2D eigenvalue weighted by atomic mass is 9.96. The normalized spacial score (nSPS) is 17.8. The third-order valence-corrected chi connectivity index (χ3v) is 2.67. The summed E-state index contributed by atoms with van der Waals surface area (Å²) in [6, 6.07) is 3.87. The first kappa shape index (κ1) is 10.1. The summed E-state index contributed by atoms with van der Waals surface area (Å²) in [5.41, 5.74) is 1.15. The summed E-state index contributed by atoms with van der Waals surface area (Å²) in [7, 11) is 0. The van der Waals surface area contributed by atoms with E-state index in [1.165, 1.54) is 0 Å². The van der Waals surface area contributed by atoms with Crippen LogP contribution in [0.2, 0.25) is 0 Å². The van der Waals surface area contributed by atoms with E-state index in [4.69, 9.17) is 4.74 Å². The molecule has 0 amide bonds. The van der Waals surface area contributed by atoms with Gasteiger partial charge in [-0.2, -0.15) is 0 Å². The Morgan fingerprint density at radius 2 is 2.13 bits per heavy atom. The van der Waals surface area contributed by atoms with Crippen LogP contribution >= 0.6 is 0 Å². The van der Waals surface area contributed by atoms with E-state index in [-0.39, 0.29) is 6.10 Å². The lowest BCUT2D eigenvalue weighted by molar-refractivity contribution is -0.121. The average molecular weight is 205 g/mol. The summed E-state index contributed by atoms with van der Waals surface area (Å²) in [5, 5.41) is 0. The van der Waals surface area contributed by atoms with Crippen molar-refractivity contribution in [3.05, 3.63) is 23.9 Å². The highest BCUT2D eigenvalue weighted by Crippen LogP contribution is 2.20. The van der Waals surface area contributed by atoms with E-state index in [2.05, 4.69) is 4.98 Å². The van der Waals surface area contributed by atoms with Gasteiger partial charge in [0.05, 0.1) is 0 Å². The Labute approximate surface area is 89.5 Å². The molecular weight excluding hydrogens is 190 g/mol. The van der Waals surface area contributed by atoms with Gasteiger partial charge < -0.3 is 4.74 Å². The standard InChI is InChI=1S/C12H15NO2/c1-9-6-7-13-12(8-9)15-11-4-2-10(14)3-5-11/h6-8,11H,2-5H2,1H3. The molecule has 1 aliphatic rings. The second-order valence-corrected chi connectivity index (χ2v) is 4.03. The highest BCUT2D eigenvalue weighted by molar-refractivity contribution is 5.79. The van der Waals surface area contributed by atoms with Gasteiger partial charge in [0.15, 0.2) is 0 Å². The molecule has 0 unspecified atom stereocenters. The second kappa shape index (κ2) is 4.43. The number of rotatable bonds is 2. The van der Waals surface area contributed by atoms with Gasteiger partial charge in [0.25, 0.3) is 0 Å². The fourth-order valence-corrected chi connectivity index (χ4v) is 1.77. The number of nitrogens with zero attached hydrogens (tertiary/aromatic N) is 1. The van der Waals surface area contributed by atoms with Gasteiger partial charge in [-0.25, -0.2) is 4.98 Å². The third kappa shape index (κ3) is 2.78. The Morgan fingerprint density at radius 1 is 1.40 bits per heavy atom. The van der Waals surface area contributed by atoms with Crippen molar-refractivity contribution in [2.24, 2.45) is 0 Å². The number of carbonyl (C=O) groups is 1. The van der Waals surface area contributed by atoms with Crippen molar-refractivity contribution in [3.63, 3.8) is 0 Å². The number of ketones is 1. The van der Waals surface area contributed by atoms with E-state index >= 15 is 0 Å². The average Bonchev–Trinajstić information content (AvgIpc) is 2.22. The lowest BCUT2D eigenvalue weighted by Crippen LogP contribution is -2.24. The van der Waals surface area contributed by atoms with E-state index in [1.54, 1.807) is 6.20 Å². The fourth-order valence-electron chi connectivity index (χ4n) is 1.77. The van der Waals surface area contributed by atoms with Crippen molar-refractivity contribution in [2.45, 2.75) is 38.7 Å². The van der Waals surface area contributed by atoms with Crippen molar-refractivity contribution in [1.82, 2.24) is 4.98 Å². The quantitative estimate of drug-likeness (QED) is 0.743. The van der Waals surface area contributed by atoms with E-state index < -0.39 is 0 Å². The van der Waals surface area contributed by atoms with Crippen LogP contribution in [0, 0.1) is 6.92 Å². The molecule has 15 heavy (non-hydrogen) atoms. The highest BCUT2D eigenvalue weighted by Gasteiger charge is 2.20. The Hall–Kier alpha value is -1.38. The molecule has 0 radical (unpaired) electrons.